The number of hydrogen-bond donors (Lipinski definition) is 3. The second kappa shape index (κ2) is 5.60. The number of rotatable bonds is 3. The molecule has 0 aliphatic heterocycles. The Hall–Kier alpha value is -2.95. The second-order valence-corrected chi connectivity index (χ2v) is 6.03. The molecule has 0 radical (unpaired) electrons. The standard InChI is InChI=1S/C19H19NO4/c1-9-7-14-13(8-15(20-14)19(22)23)12(4)18(9)24-17-6-5-16(21)10(2)11(17)3/h5-8,20-21H,1-4H3,(H,22,23). The highest BCUT2D eigenvalue weighted by Crippen LogP contribution is 2.37. The van der Waals surface area contributed by atoms with Crippen LogP contribution in [-0.2, 0) is 0 Å². The Morgan fingerprint density at radius 2 is 1.75 bits per heavy atom. The number of aromatic nitrogens is 1. The number of carbonyl (C=O) groups is 1. The number of nitrogens with one attached hydrogen (secondary N) is 1. The average Bonchev–Trinajstić information content (AvgIpc) is 2.95. The maximum absolute atomic E-state index is 11.2. The summed E-state index contributed by atoms with van der Waals surface area (Å²) in [6, 6.07) is 6.85. The summed E-state index contributed by atoms with van der Waals surface area (Å²) in [5.41, 5.74) is 4.35. The number of fused-ring (bicyclic) bond motifs is 1. The van der Waals surface area contributed by atoms with E-state index in [1.165, 1.54) is 0 Å². The number of hydrogen-bond acceptors (Lipinski definition) is 3. The SMILES string of the molecule is Cc1cc2[nH]c(C(=O)O)cc2c(C)c1Oc1ccc(O)c(C)c1C. The third-order valence-electron chi connectivity index (χ3n) is 4.46. The molecule has 5 heteroatoms. The van der Waals surface area contributed by atoms with Crippen LogP contribution >= 0.6 is 0 Å². The molecule has 0 unspecified atom stereocenters. The lowest BCUT2D eigenvalue weighted by molar-refractivity contribution is 0.0691. The highest BCUT2D eigenvalue weighted by atomic mass is 16.5. The number of carboxylic acids is 1. The Bertz CT molecular complexity index is 969. The smallest absolute Gasteiger partial charge is 0.352 e. The van der Waals surface area contributed by atoms with Crippen LogP contribution in [0.15, 0.2) is 24.3 Å². The first-order valence-electron chi connectivity index (χ1n) is 7.62. The lowest BCUT2D eigenvalue weighted by Gasteiger charge is -2.16. The molecule has 3 N–H and O–H groups in total. The van der Waals surface area contributed by atoms with Gasteiger partial charge in [-0.25, -0.2) is 4.79 Å². The first kappa shape index (κ1) is 15.9. The van der Waals surface area contributed by atoms with E-state index in [2.05, 4.69) is 4.98 Å². The maximum Gasteiger partial charge on any atom is 0.352 e. The van der Waals surface area contributed by atoms with Crippen LogP contribution in [0.3, 0.4) is 0 Å². The molecule has 0 saturated carbocycles. The van der Waals surface area contributed by atoms with Crippen molar-refractivity contribution in [1.82, 2.24) is 4.98 Å². The molecule has 0 atom stereocenters. The van der Waals surface area contributed by atoms with Crippen LogP contribution in [-0.4, -0.2) is 21.2 Å². The van der Waals surface area contributed by atoms with Crippen LogP contribution < -0.4 is 4.74 Å². The average molecular weight is 325 g/mol. The van der Waals surface area contributed by atoms with Gasteiger partial charge in [-0.1, -0.05) is 0 Å². The van der Waals surface area contributed by atoms with E-state index in [-0.39, 0.29) is 11.4 Å². The van der Waals surface area contributed by atoms with Crippen LogP contribution in [0.4, 0.5) is 0 Å². The molecule has 0 fully saturated rings. The Balaban J connectivity index is 2.13. The fraction of sp³-hybridized carbons (Fsp3) is 0.211. The summed E-state index contributed by atoms with van der Waals surface area (Å²) in [7, 11) is 0. The van der Waals surface area contributed by atoms with Crippen molar-refractivity contribution in [3.8, 4) is 17.2 Å². The number of ether oxygens (including phenoxy) is 1. The number of H-pyrrole nitrogens is 1. The third kappa shape index (κ3) is 2.48. The number of aromatic carboxylic acids is 1. The zero-order valence-corrected chi connectivity index (χ0v) is 14.0. The van der Waals surface area contributed by atoms with Gasteiger partial charge in [0.25, 0.3) is 0 Å². The third-order valence-corrected chi connectivity index (χ3v) is 4.46. The Kier molecular flexibility index (Phi) is 3.72. The summed E-state index contributed by atoms with van der Waals surface area (Å²) in [4.78, 5) is 14.1. The molecule has 0 bridgehead atoms. The monoisotopic (exact) mass is 325 g/mol. The molecule has 0 amide bonds. The van der Waals surface area contributed by atoms with E-state index < -0.39 is 5.97 Å². The molecule has 3 aromatic rings. The van der Waals surface area contributed by atoms with Gasteiger partial charge in [0.2, 0.25) is 0 Å². The van der Waals surface area contributed by atoms with Crippen molar-refractivity contribution in [3.63, 3.8) is 0 Å². The predicted molar refractivity (Wildman–Crippen MR) is 92.4 cm³/mol. The van der Waals surface area contributed by atoms with Crippen LogP contribution in [0.1, 0.15) is 32.7 Å². The molecule has 2 aromatic carbocycles. The van der Waals surface area contributed by atoms with Crippen molar-refractivity contribution in [1.29, 1.82) is 0 Å². The molecule has 3 rings (SSSR count). The number of phenolic OH excluding ortho intramolecular Hbond substituents is 1. The van der Waals surface area contributed by atoms with Gasteiger partial charge in [0, 0.05) is 16.5 Å². The molecule has 0 aliphatic carbocycles. The molecule has 0 spiro atoms. The van der Waals surface area contributed by atoms with Gasteiger partial charge in [-0.05, 0) is 68.7 Å². The van der Waals surface area contributed by atoms with E-state index in [0.29, 0.717) is 11.5 Å². The summed E-state index contributed by atoms with van der Waals surface area (Å²) < 4.78 is 6.11. The molecule has 1 aromatic heterocycles. The fourth-order valence-corrected chi connectivity index (χ4v) is 2.87. The molecule has 24 heavy (non-hydrogen) atoms. The normalized spacial score (nSPS) is 11.0. The molecular formula is C19H19NO4. The van der Waals surface area contributed by atoms with Crippen molar-refractivity contribution < 1.29 is 19.7 Å². The van der Waals surface area contributed by atoms with Crippen molar-refractivity contribution in [3.05, 3.63) is 52.2 Å². The number of aryl methyl sites for hydroxylation is 2. The summed E-state index contributed by atoms with van der Waals surface area (Å²) >= 11 is 0. The van der Waals surface area contributed by atoms with Gasteiger partial charge in [0.05, 0.1) is 0 Å². The molecule has 5 nitrogen and oxygen atoms in total. The maximum atomic E-state index is 11.2. The Morgan fingerprint density at radius 1 is 1.04 bits per heavy atom. The van der Waals surface area contributed by atoms with Gasteiger partial charge in [-0.3, -0.25) is 0 Å². The van der Waals surface area contributed by atoms with Gasteiger partial charge in [-0.2, -0.15) is 0 Å². The van der Waals surface area contributed by atoms with E-state index in [0.717, 1.165) is 33.2 Å². The quantitative estimate of drug-likeness (QED) is 0.657. The minimum atomic E-state index is -0.990. The zero-order valence-electron chi connectivity index (χ0n) is 14.0. The number of carboxylic acid groups (broad SMARTS) is 1. The van der Waals surface area contributed by atoms with E-state index in [1.54, 1.807) is 18.2 Å². The highest BCUT2D eigenvalue weighted by molar-refractivity contribution is 5.96. The Labute approximate surface area is 139 Å². The molecule has 124 valence electrons. The first-order valence-corrected chi connectivity index (χ1v) is 7.62. The fourth-order valence-electron chi connectivity index (χ4n) is 2.87. The number of benzene rings is 2. The Morgan fingerprint density at radius 3 is 2.42 bits per heavy atom. The van der Waals surface area contributed by atoms with Crippen molar-refractivity contribution >= 4 is 16.9 Å². The van der Waals surface area contributed by atoms with Crippen LogP contribution in [0.2, 0.25) is 0 Å². The summed E-state index contributed by atoms with van der Waals surface area (Å²) in [6.45, 7) is 7.57. The molecule has 0 saturated heterocycles. The molecule has 0 aliphatic rings. The van der Waals surface area contributed by atoms with E-state index >= 15 is 0 Å². The molecular weight excluding hydrogens is 306 g/mol. The lowest BCUT2D eigenvalue weighted by atomic mass is 10.0. The van der Waals surface area contributed by atoms with Crippen molar-refractivity contribution in [2.75, 3.05) is 0 Å². The summed E-state index contributed by atoms with van der Waals surface area (Å²) in [6.07, 6.45) is 0. The van der Waals surface area contributed by atoms with Crippen molar-refractivity contribution in [2.24, 2.45) is 0 Å². The minimum absolute atomic E-state index is 0.154. The number of phenols is 1. The second-order valence-electron chi connectivity index (χ2n) is 6.03. The largest absolute Gasteiger partial charge is 0.508 e. The van der Waals surface area contributed by atoms with Crippen LogP contribution in [0.25, 0.3) is 10.9 Å². The van der Waals surface area contributed by atoms with Gasteiger partial charge in [0.15, 0.2) is 0 Å². The van der Waals surface area contributed by atoms with Crippen LogP contribution in [0.5, 0.6) is 17.2 Å². The van der Waals surface area contributed by atoms with Gasteiger partial charge >= 0.3 is 5.97 Å². The summed E-state index contributed by atoms with van der Waals surface area (Å²) in [5, 5.41) is 19.8. The number of aromatic amines is 1. The predicted octanol–water partition coefficient (Wildman–Crippen LogP) is 4.60. The first-order chi connectivity index (χ1) is 11.3. The van der Waals surface area contributed by atoms with Gasteiger partial charge < -0.3 is 19.9 Å². The van der Waals surface area contributed by atoms with Gasteiger partial charge in [0.1, 0.15) is 22.9 Å². The van der Waals surface area contributed by atoms with Crippen LogP contribution in [0, 0.1) is 27.7 Å². The zero-order chi connectivity index (χ0) is 17.6. The lowest BCUT2D eigenvalue weighted by Crippen LogP contribution is -1.95. The molecule has 1 heterocycles. The van der Waals surface area contributed by atoms with E-state index in [4.69, 9.17) is 9.84 Å². The summed E-state index contributed by atoms with van der Waals surface area (Å²) in [5.74, 6) is 0.618. The van der Waals surface area contributed by atoms with E-state index in [1.807, 2.05) is 33.8 Å². The topological polar surface area (TPSA) is 82.6 Å². The van der Waals surface area contributed by atoms with Crippen molar-refractivity contribution in [2.45, 2.75) is 27.7 Å². The van der Waals surface area contributed by atoms with E-state index in [9.17, 15) is 9.90 Å². The van der Waals surface area contributed by atoms with Gasteiger partial charge in [-0.15, -0.1) is 0 Å². The minimum Gasteiger partial charge on any atom is -0.508 e. The number of aromatic hydroxyl groups is 1. The highest BCUT2D eigenvalue weighted by Gasteiger charge is 2.16.